The van der Waals surface area contributed by atoms with E-state index in [9.17, 15) is 9.59 Å². The van der Waals surface area contributed by atoms with E-state index in [1.165, 1.54) is 12.8 Å². The maximum Gasteiger partial charge on any atom is 0.259 e. The number of H-pyrrole nitrogens is 1. The van der Waals surface area contributed by atoms with Gasteiger partial charge in [-0.15, -0.1) is 0 Å². The Morgan fingerprint density at radius 3 is 2.91 bits per heavy atom. The second-order valence-corrected chi connectivity index (χ2v) is 5.94. The lowest BCUT2D eigenvalue weighted by Crippen LogP contribution is -2.32. The van der Waals surface area contributed by atoms with Crippen molar-refractivity contribution in [1.29, 1.82) is 0 Å². The second kappa shape index (κ2) is 6.76. The number of carbonyl (C=O) groups is 1. The van der Waals surface area contributed by atoms with E-state index in [4.69, 9.17) is 4.52 Å². The summed E-state index contributed by atoms with van der Waals surface area (Å²) in [6.07, 6.45) is 5.17. The zero-order chi connectivity index (χ0) is 16.2. The third kappa shape index (κ3) is 3.85. The van der Waals surface area contributed by atoms with Crippen LogP contribution in [-0.4, -0.2) is 27.1 Å². The van der Waals surface area contributed by atoms with Crippen molar-refractivity contribution in [3.05, 3.63) is 34.1 Å². The molecule has 122 valence electrons. The molecule has 0 atom stereocenters. The highest BCUT2D eigenvalue weighted by molar-refractivity contribution is 5.76. The standard InChI is InChI=1S/C16H20N4O3/c1-10-6-7-12(16(22)17-10)15-19-14(23-20-15)9-8-13(21)18-11-4-2-3-5-11/h6-7,11H,2-5,8-9H2,1H3,(H,17,22)(H,18,21). The number of hydrogen-bond acceptors (Lipinski definition) is 5. The third-order valence-electron chi connectivity index (χ3n) is 4.05. The number of hydrogen-bond donors (Lipinski definition) is 2. The quantitative estimate of drug-likeness (QED) is 0.874. The second-order valence-electron chi connectivity index (χ2n) is 5.94. The summed E-state index contributed by atoms with van der Waals surface area (Å²) in [5, 5.41) is 6.84. The molecule has 1 saturated carbocycles. The number of aryl methyl sites for hydroxylation is 2. The smallest absolute Gasteiger partial charge is 0.259 e. The van der Waals surface area contributed by atoms with Crippen LogP contribution < -0.4 is 10.9 Å². The number of amides is 1. The molecule has 7 heteroatoms. The van der Waals surface area contributed by atoms with Gasteiger partial charge >= 0.3 is 0 Å². The molecule has 0 saturated heterocycles. The Bertz CT molecular complexity index is 744. The van der Waals surface area contributed by atoms with Gasteiger partial charge in [0.2, 0.25) is 17.6 Å². The maximum atomic E-state index is 11.9. The minimum atomic E-state index is -0.253. The lowest BCUT2D eigenvalue weighted by Gasteiger charge is -2.10. The Morgan fingerprint density at radius 2 is 2.17 bits per heavy atom. The largest absolute Gasteiger partial charge is 0.353 e. The first-order valence-electron chi connectivity index (χ1n) is 7.94. The van der Waals surface area contributed by atoms with Crippen molar-refractivity contribution in [2.45, 2.75) is 51.5 Å². The molecule has 0 spiro atoms. The summed E-state index contributed by atoms with van der Waals surface area (Å²) in [4.78, 5) is 30.6. The van der Waals surface area contributed by atoms with Crippen molar-refractivity contribution in [2.75, 3.05) is 0 Å². The number of nitrogens with one attached hydrogen (secondary N) is 2. The summed E-state index contributed by atoms with van der Waals surface area (Å²) in [6.45, 7) is 1.80. The van der Waals surface area contributed by atoms with E-state index in [0.717, 1.165) is 18.5 Å². The fraction of sp³-hybridized carbons (Fsp3) is 0.500. The van der Waals surface area contributed by atoms with E-state index in [2.05, 4.69) is 20.4 Å². The van der Waals surface area contributed by atoms with E-state index in [1.54, 1.807) is 19.1 Å². The van der Waals surface area contributed by atoms with Gasteiger partial charge in [0, 0.05) is 24.6 Å². The summed E-state index contributed by atoms with van der Waals surface area (Å²) in [7, 11) is 0. The first kappa shape index (κ1) is 15.5. The summed E-state index contributed by atoms with van der Waals surface area (Å²) < 4.78 is 5.13. The van der Waals surface area contributed by atoms with Crippen molar-refractivity contribution >= 4 is 5.91 Å². The predicted octanol–water partition coefficient (Wildman–Crippen LogP) is 1.72. The first-order chi connectivity index (χ1) is 11.1. The lowest BCUT2D eigenvalue weighted by atomic mass is 10.2. The van der Waals surface area contributed by atoms with Gasteiger partial charge in [0.05, 0.1) is 5.56 Å². The van der Waals surface area contributed by atoms with Crippen LogP contribution in [0.2, 0.25) is 0 Å². The van der Waals surface area contributed by atoms with Crippen LogP contribution in [0.15, 0.2) is 21.5 Å². The van der Waals surface area contributed by atoms with Gasteiger partial charge in [-0.05, 0) is 31.9 Å². The molecule has 3 rings (SSSR count). The van der Waals surface area contributed by atoms with Gasteiger partial charge in [0.15, 0.2) is 0 Å². The van der Waals surface area contributed by atoms with Crippen molar-refractivity contribution in [1.82, 2.24) is 20.4 Å². The highest BCUT2D eigenvalue weighted by Gasteiger charge is 2.18. The molecule has 1 fully saturated rings. The Hall–Kier alpha value is -2.44. The average Bonchev–Trinajstić information content (AvgIpc) is 3.17. The van der Waals surface area contributed by atoms with Crippen LogP contribution in [0.5, 0.6) is 0 Å². The molecular weight excluding hydrogens is 296 g/mol. The van der Waals surface area contributed by atoms with E-state index < -0.39 is 0 Å². The van der Waals surface area contributed by atoms with E-state index >= 15 is 0 Å². The molecule has 1 amide bonds. The first-order valence-corrected chi connectivity index (χ1v) is 7.94. The highest BCUT2D eigenvalue weighted by Crippen LogP contribution is 2.18. The van der Waals surface area contributed by atoms with Crippen LogP contribution >= 0.6 is 0 Å². The predicted molar refractivity (Wildman–Crippen MR) is 83.8 cm³/mol. The highest BCUT2D eigenvalue weighted by atomic mass is 16.5. The minimum absolute atomic E-state index is 0.00448. The van der Waals surface area contributed by atoms with Crippen molar-refractivity contribution < 1.29 is 9.32 Å². The molecule has 0 radical (unpaired) electrons. The molecule has 0 bridgehead atoms. The van der Waals surface area contributed by atoms with Gasteiger partial charge in [0.25, 0.3) is 5.56 Å². The Labute approximate surface area is 133 Å². The van der Waals surface area contributed by atoms with Crippen LogP contribution in [0.25, 0.3) is 11.4 Å². The lowest BCUT2D eigenvalue weighted by molar-refractivity contribution is -0.121. The summed E-state index contributed by atoms with van der Waals surface area (Å²) in [5.41, 5.74) is 0.878. The number of rotatable bonds is 5. The normalized spacial score (nSPS) is 15.0. The number of pyridine rings is 1. The third-order valence-corrected chi connectivity index (χ3v) is 4.05. The zero-order valence-electron chi connectivity index (χ0n) is 13.1. The molecular formula is C16H20N4O3. The zero-order valence-corrected chi connectivity index (χ0v) is 13.1. The number of carbonyl (C=O) groups excluding carboxylic acids is 1. The van der Waals surface area contributed by atoms with Crippen molar-refractivity contribution in [3.63, 3.8) is 0 Å². The molecule has 1 aliphatic rings. The Morgan fingerprint density at radius 1 is 1.39 bits per heavy atom. The number of aromatic amines is 1. The van der Waals surface area contributed by atoms with Crippen LogP contribution in [0, 0.1) is 6.92 Å². The van der Waals surface area contributed by atoms with E-state index in [0.29, 0.717) is 30.3 Å². The molecule has 2 N–H and O–H groups in total. The topological polar surface area (TPSA) is 101 Å². The molecule has 2 aromatic heterocycles. The molecule has 0 aromatic carbocycles. The summed E-state index contributed by atoms with van der Waals surface area (Å²) in [6, 6.07) is 3.75. The fourth-order valence-electron chi connectivity index (χ4n) is 2.80. The van der Waals surface area contributed by atoms with Crippen LogP contribution in [0.1, 0.15) is 43.7 Å². The summed E-state index contributed by atoms with van der Waals surface area (Å²) >= 11 is 0. The maximum absolute atomic E-state index is 11.9. The fourth-order valence-corrected chi connectivity index (χ4v) is 2.80. The van der Waals surface area contributed by atoms with E-state index in [1.807, 2.05) is 0 Å². The van der Waals surface area contributed by atoms with Crippen molar-refractivity contribution in [3.8, 4) is 11.4 Å². The van der Waals surface area contributed by atoms with Gasteiger partial charge in [-0.25, -0.2) is 0 Å². The van der Waals surface area contributed by atoms with Gasteiger partial charge in [-0.1, -0.05) is 18.0 Å². The molecule has 1 aliphatic carbocycles. The number of aromatic nitrogens is 3. The molecule has 2 aromatic rings. The molecule has 23 heavy (non-hydrogen) atoms. The Balaban J connectivity index is 1.58. The molecule has 7 nitrogen and oxygen atoms in total. The molecule has 2 heterocycles. The average molecular weight is 316 g/mol. The van der Waals surface area contributed by atoms with Crippen molar-refractivity contribution in [2.24, 2.45) is 0 Å². The van der Waals surface area contributed by atoms with Gasteiger partial charge in [0.1, 0.15) is 0 Å². The number of nitrogens with zero attached hydrogens (tertiary/aromatic N) is 2. The van der Waals surface area contributed by atoms with Gasteiger partial charge < -0.3 is 14.8 Å². The molecule has 0 aliphatic heterocycles. The minimum Gasteiger partial charge on any atom is -0.353 e. The monoisotopic (exact) mass is 316 g/mol. The van der Waals surface area contributed by atoms with Gasteiger partial charge in [-0.3, -0.25) is 9.59 Å². The van der Waals surface area contributed by atoms with E-state index in [-0.39, 0.29) is 17.3 Å². The SMILES string of the molecule is Cc1ccc(-c2noc(CCC(=O)NC3CCCC3)n2)c(=O)[nH]1. The van der Waals surface area contributed by atoms with Crippen LogP contribution in [-0.2, 0) is 11.2 Å². The summed E-state index contributed by atoms with van der Waals surface area (Å²) in [5.74, 6) is 0.615. The van der Waals surface area contributed by atoms with Crippen LogP contribution in [0.4, 0.5) is 0 Å². The van der Waals surface area contributed by atoms with Crippen LogP contribution in [0.3, 0.4) is 0 Å². The van der Waals surface area contributed by atoms with Gasteiger partial charge in [-0.2, -0.15) is 4.98 Å². The Kier molecular flexibility index (Phi) is 4.55. The molecule has 0 unspecified atom stereocenters.